The van der Waals surface area contributed by atoms with E-state index in [4.69, 9.17) is 5.11 Å². The Bertz CT molecular complexity index is 2220. The van der Waals surface area contributed by atoms with Gasteiger partial charge >= 0.3 is 0 Å². The van der Waals surface area contributed by atoms with E-state index in [1.54, 1.807) is 12.1 Å². The van der Waals surface area contributed by atoms with E-state index < -0.39 is 31.9 Å². The Hall–Kier alpha value is -1.03. The maximum absolute atomic E-state index is 14.4. The molecule has 0 aliphatic heterocycles. The number of hydrogen-bond donors (Lipinski definition) is 5. The van der Waals surface area contributed by atoms with Crippen LogP contribution in [0.15, 0.2) is 35.2 Å². The first kappa shape index (κ1) is 63.0. The summed E-state index contributed by atoms with van der Waals surface area (Å²) in [5, 5.41) is 51.1. The predicted octanol–water partition coefficient (Wildman–Crippen LogP) is 16.2. The molecule has 0 saturated heterocycles. The smallest absolute Gasteiger partial charge is 0.181 e. The molecule has 10 aliphatic carbocycles. The molecule has 0 radical (unpaired) electrons. The van der Waals surface area contributed by atoms with Crippen molar-refractivity contribution < 1.29 is 34.0 Å². The Balaban J connectivity index is 0.000000202. The van der Waals surface area contributed by atoms with E-state index >= 15 is 0 Å². The molecular formula is C70H120O7S. The summed E-state index contributed by atoms with van der Waals surface area (Å²) in [4.78, 5) is 0.413. The molecule has 0 heterocycles. The van der Waals surface area contributed by atoms with Gasteiger partial charge in [-0.1, -0.05) is 81.0 Å². The monoisotopic (exact) mass is 1100 g/mol. The molecule has 19 atom stereocenters. The molecule has 448 valence electrons. The summed E-state index contributed by atoms with van der Waals surface area (Å²) < 4.78 is 28.9. The highest BCUT2D eigenvalue weighted by Crippen LogP contribution is 2.68. The first-order chi connectivity index (χ1) is 36.1. The molecule has 1 unspecified atom stereocenters. The highest BCUT2D eigenvalue weighted by Gasteiger charge is 2.61. The van der Waals surface area contributed by atoms with Gasteiger partial charge in [0.2, 0.25) is 0 Å². The number of sulfone groups is 1. The maximum atomic E-state index is 14.4. The molecule has 1 aromatic carbocycles. The van der Waals surface area contributed by atoms with Crippen molar-refractivity contribution >= 4 is 9.84 Å². The fourth-order valence-electron chi connectivity index (χ4n) is 22.0. The Labute approximate surface area is 478 Å². The first-order valence-electron chi connectivity index (χ1n) is 32.7. The molecule has 0 aromatic heterocycles. The molecule has 7 nitrogen and oxygen atoms in total. The maximum Gasteiger partial charge on any atom is 0.181 e. The van der Waals surface area contributed by atoms with Gasteiger partial charge in [0, 0.05) is 7.11 Å². The van der Waals surface area contributed by atoms with E-state index in [-0.39, 0.29) is 29.8 Å². The van der Waals surface area contributed by atoms with Gasteiger partial charge in [0.1, 0.15) is 0 Å². The van der Waals surface area contributed by atoms with Crippen LogP contribution in [-0.4, -0.2) is 68.7 Å². The lowest BCUT2D eigenvalue weighted by atomic mass is 9.48. The minimum absolute atomic E-state index is 0. The van der Waals surface area contributed by atoms with Gasteiger partial charge in [-0.3, -0.25) is 0 Å². The van der Waals surface area contributed by atoms with Crippen molar-refractivity contribution in [1.29, 1.82) is 0 Å². The Morgan fingerprint density at radius 3 is 1.38 bits per heavy atom. The van der Waals surface area contributed by atoms with E-state index in [1.165, 1.54) is 103 Å². The van der Waals surface area contributed by atoms with Crippen LogP contribution in [0.25, 0.3) is 0 Å². The molecule has 8 heteroatoms. The number of rotatable bonds is 10. The molecule has 0 amide bonds. The van der Waals surface area contributed by atoms with Crippen LogP contribution in [-0.2, 0) is 9.84 Å². The van der Waals surface area contributed by atoms with Crippen LogP contribution in [0.4, 0.5) is 0 Å². The third-order valence-corrected chi connectivity index (χ3v) is 29.0. The number of aliphatic hydroxyl groups is 5. The SMILES string of the molecule is C.CO.C[C@H](C(CC1(O)CCC(C)(C)CC1)S(=O)(=O)c1ccccc1)[C@H]1CC[C@H]2[C@@H]3CC[C@H]4C[C@@](C)(O)CC[C@@H]4[C@H]3CC[C@]12C.C[C@H](CCC1(O)CCC(C)(C)CC1)[C@H]1CC[C@H]2[C@@H]3CC[C@H]4C[C@@](C)(O)CC[C@@H]4[C@H]3CC[C@]12C. The quantitative estimate of drug-likeness (QED) is 0.157. The van der Waals surface area contributed by atoms with Gasteiger partial charge < -0.3 is 25.5 Å². The summed E-state index contributed by atoms with van der Waals surface area (Å²) in [6.07, 6.45) is 32.6. The molecule has 11 rings (SSSR count). The lowest BCUT2D eigenvalue weighted by Gasteiger charge is -2.57. The second-order valence-corrected chi connectivity index (χ2v) is 34.7. The predicted molar refractivity (Wildman–Crippen MR) is 321 cm³/mol. The van der Waals surface area contributed by atoms with Crippen molar-refractivity contribution in [1.82, 2.24) is 0 Å². The van der Waals surface area contributed by atoms with Gasteiger partial charge in [-0.05, 0) is 317 Å². The van der Waals surface area contributed by atoms with Gasteiger partial charge in [-0.2, -0.15) is 0 Å². The topological polar surface area (TPSA) is 135 Å². The second-order valence-electron chi connectivity index (χ2n) is 32.6. The molecule has 0 spiro atoms. The van der Waals surface area contributed by atoms with Crippen LogP contribution in [0, 0.1) is 105 Å². The molecule has 5 N–H and O–H groups in total. The lowest BCUT2D eigenvalue weighted by molar-refractivity contribution is -0.103. The minimum atomic E-state index is -3.60. The number of benzene rings is 1. The van der Waals surface area contributed by atoms with Crippen LogP contribution in [0.5, 0.6) is 0 Å². The number of hydrogen-bond acceptors (Lipinski definition) is 7. The zero-order chi connectivity index (χ0) is 55.8. The summed E-state index contributed by atoms with van der Waals surface area (Å²) in [7, 11) is -2.60. The first-order valence-corrected chi connectivity index (χ1v) is 34.2. The summed E-state index contributed by atoms with van der Waals surface area (Å²) in [6.45, 7) is 23.4. The van der Waals surface area contributed by atoms with Crippen molar-refractivity contribution in [2.75, 3.05) is 7.11 Å². The van der Waals surface area contributed by atoms with Crippen LogP contribution >= 0.6 is 0 Å². The van der Waals surface area contributed by atoms with Crippen LogP contribution in [0.3, 0.4) is 0 Å². The normalized spacial score (nSPS) is 43.9. The summed E-state index contributed by atoms with van der Waals surface area (Å²) in [5.41, 5.74) is -0.848. The Morgan fingerprint density at radius 1 is 0.487 bits per heavy atom. The van der Waals surface area contributed by atoms with Crippen LogP contribution in [0.1, 0.15) is 263 Å². The molecule has 78 heavy (non-hydrogen) atoms. The van der Waals surface area contributed by atoms with Gasteiger partial charge in [-0.25, -0.2) is 8.42 Å². The standard InChI is InChI=1S/C37H58O4S.C31H54O2.CH4O.CH4/c1-25(33(42(40,41)27-9-7-6-8-10-27)24-37(39)21-19-34(2,3)20-22-37)31-13-14-32-30-12-11-26-23-35(4,38)17-15-28(26)29(30)16-18-36(31,32)5;1-21(10-15-31(33)18-16-28(2,3)17-19-31)26-8-9-27-25-7-6-22-20-29(4,32)13-11-23(22)24(25)12-14-30(26,27)5;1-2;/h6-10,25-26,28-33,38-39H,11-24H2,1-5H3;21-27,32-33H,6-20H2,1-5H3;2H,1H3;1H4/t25-,26-,28-,29+,30+,31+,32-,33?,35-,36+;21-,22+,23+,24-,25-,26-,27+,29+,30-;;/m01../s1. The highest BCUT2D eigenvalue weighted by atomic mass is 32.2. The van der Waals surface area contributed by atoms with Gasteiger partial charge in [-0.15, -0.1) is 0 Å². The number of aliphatic hydroxyl groups excluding tert-OH is 1. The van der Waals surface area contributed by atoms with Crippen molar-refractivity contribution in [3.63, 3.8) is 0 Å². The zero-order valence-corrected chi connectivity index (χ0v) is 51.8. The molecule has 10 fully saturated rings. The molecule has 0 bridgehead atoms. The highest BCUT2D eigenvalue weighted by molar-refractivity contribution is 7.92. The van der Waals surface area contributed by atoms with Crippen molar-refractivity contribution in [3.8, 4) is 0 Å². The van der Waals surface area contributed by atoms with E-state index in [9.17, 15) is 28.8 Å². The van der Waals surface area contributed by atoms with Crippen molar-refractivity contribution in [2.24, 2.45) is 105 Å². The third-order valence-electron chi connectivity index (χ3n) is 26.7. The molecular weight excluding hydrogens is 985 g/mol. The second kappa shape index (κ2) is 23.4. The van der Waals surface area contributed by atoms with Gasteiger partial charge in [0.05, 0.1) is 32.5 Å². The van der Waals surface area contributed by atoms with Gasteiger partial charge in [0.25, 0.3) is 0 Å². The molecule has 10 saturated carbocycles. The summed E-state index contributed by atoms with van der Waals surface area (Å²) in [6, 6.07) is 9.07. The number of fused-ring (bicyclic) bond motifs is 10. The van der Waals surface area contributed by atoms with E-state index in [1.807, 2.05) is 25.1 Å². The largest absolute Gasteiger partial charge is 0.400 e. The average molecular weight is 1110 g/mol. The Kier molecular flexibility index (Phi) is 18.9. The summed E-state index contributed by atoms with van der Waals surface area (Å²) in [5.74, 6) is 10.1. The zero-order valence-electron chi connectivity index (χ0n) is 51.0. The minimum Gasteiger partial charge on any atom is -0.400 e. The fraction of sp³-hybridized carbons (Fsp3) is 0.914. The van der Waals surface area contributed by atoms with Gasteiger partial charge in [0.15, 0.2) is 9.84 Å². The lowest BCUT2D eigenvalue weighted by Crippen LogP contribution is -2.52. The average Bonchev–Trinajstić information content (AvgIpc) is 4.12. The van der Waals surface area contributed by atoms with Crippen molar-refractivity contribution in [3.05, 3.63) is 30.3 Å². The fourth-order valence-corrected chi connectivity index (χ4v) is 24.1. The Morgan fingerprint density at radius 2 is 0.910 bits per heavy atom. The van der Waals surface area contributed by atoms with Crippen LogP contribution in [0.2, 0.25) is 0 Å². The molecule has 1 aromatic rings. The van der Waals surface area contributed by atoms with Crippen LogP contribution < -0.4 is 0 Å². The van der Waals surface area contributed by atoms with E-state index in [0.717, 1.165) is 130 Å². The van der Waals surface area contributed by atoms with E-state index in [2.05, 4.69) is 62.3 Å². The molecule has 10 aliphatic rings. The van der Waals surface area contributed by atoms with Crippen molar-refractivity contribution in [2.45, 2.75) is 295 Å². The van der Waals surface area contributed by atoms with E-state index in [0.29, 0.717) is 52.7 Å². The third kappa shape index (κ3) is 12.7. The summed E-state index contributed by atoms with van der Waals surface area (Å²) >= 11 is 0.